The summed E-state index contributed by atoms with van der Waals surface area (Å²) in [5, 5.41) is 26.0. The fraction of sp³-hybridized carbons (Fsp3) is 0.458. The van der Waals surface area contributed by atoms with Crippen molar-refractivity contribution in [1.82, 2.24) is 10.6 Å². The second-order valence-corrected chi connectivity index (χ2v) is 17.3. The number of amides is 2. The van der Waals surface area contributed by atoms with Crippen molar-refractivity contribution in [1.29, 1.82) is 0 Å². The number of rotatable bonds is 15. The van der Waals surface area contributed by atoms with E-state index in [1.54, 1.807) is 39.0 Å². The number of aliphatic hydroxyl groups is 2. The third kappa shape index (κ3) is 10.8. The molecule has 4 N–H and O–H groups in total. The molecule has 2 aliphatic carbocycles. The molecule has 3 aromatic rings. The maximum atomic E-state index is 14.1. The lowest BCUT2D eigenvalue weighted by molar-refractivity contribution is -0.157. The highest BCUT2D eigenvalue weighted by molar-refractivity contribution is 5.98. The number of benzene rings is 3. The summed E-state index contributed by atoms with van der Waals surface area (Å²) in [5.74, 6) is -3.55. The second kappa shape index (κ2) is 18.8. The Morgan fingerprint density at radius 2 is 1.57 bits per heavy atom. The van der Waals surface area contributed by atoms with Crippen LogP contribution in [-0.2, 0) is 43.9 Å². The van der Waals surface area contributed by atoms with Crippen molar-refractivity contribution in [3.05, 3.63) is 125 Å². The minimum Gasteiger partial charge on any atom is -0.460 e. The number of epoxide rings is 1. The van der Waals surface area contributed by atoms with E-state index in [2.05, 4.69) is 22.8 Å². The highest BCUT2D eigenvalue weighted by Gasteiger charge is 2.55. The molecule has 4 aliphatic rings. The highest BCUT2D eigenvalue weighted by Crippen LogP contribution is 2.47. The quantitative estimate of drug-likeness (QED) is 0.116. The molecular formula is C48H56N2O11. The number of allylic oxidation sites excluding steroid dienone is 1. The fourth-order valence-corrected chi connectivity index (χ4v) is 8.21. The molecule has 324 valence electrons. The number of carbonyl (C=O) groups is 4. The number of esters is 2. The Balaban J connectivity index is 1.10. The summed E-state index contributed by atoms with van der Waals surface area (Å²) in [6.45, 7) is 6.08. The molecule has 3 fully saturated rings. The third-order valence-corrected chi connectivity index (χ3v) is 11.4. The van der Waals surface area contributed by atoms with Gasteiger partial charge in [0.2, 0.25) is 17.6 Å². The van der Waals surface area contributed by atoms with Crippen molar-refractivity contribution < 1.29 is 53.1 Å². The summed E-state index contributed by atoms with van der Waals surface area (Å²) in [7, 11) is 0. The van der Waals surface area contributed by atoms with Gasteiger partial charge in [-0.05, 0) is 83.1 Å². The first-order valence-corrected chi connectivity index (χ1v) is 21.2. The Labute approximate surface area is 356 Å². The van der Waals surface area contributed by atoms with Gasteiger partial charge in [0, 0.05) is 29.5 Å². The van der Waals surface area contributed by atoms with Crippen molar-refractivity contribution in [2.45, 2.75) is 126 Å². The Bertz CT molecular complexity index is 2040. The Kier molecular flexibility index (Phi) is 13.6. The van der Waals surface area contributed by atoms with Crippen molar-refractivity contribution in [3.63, 3.8) is 0 Å². The minimum absolute atomic E-state index is 0.0667. The zero-order valence-corrected chi connectivity index (χ0v) is 35.0. The molecule has 1 saturated carbocycles. The van der Waals surface area contributed by atoms with Crippen LogP contribution in [0.25, 0.3) is 6.08 Å². The molecule has 13 nitrogen and oxygen atoms in total. The summed E-state index contributed by atoms with van der Waals surface area (Å²) in [5.41, 5.74) is 2.09. The second-order valence-electron chi connectivity index (χ2n) is 17.3. The van der Waals surface area contributed by atoms with Gasteiger partial charge < -0.3 is 44.5 Å². The van der Waals surface area contributed by atoms with Gasteiger partial charge in [-0.25, -0.2) is 4.79 Å². The van der Waals surface area contributed by atoms with Crippen LogP contribution >= 0.6 is 0 Å². The number of hydrogen-bond acceptors (Lipinski definition) is 11. The highest BCUT2D eigenvalue weighted by atomic mass is 16.8. The largest absolute Gasteiger partial charge is 0.460 e. The fourth-order valence-electron chi connectivity index (χ4n) is 8.21. The number of carbonyl (C=O) groups excluding carboxylic acids is 4. The summed E-state index contributed by atoms with van der Waals surface area (Å²) in [4.78, 5) is 53.8. The summed E-state index contributed by atoms with van der Waals surface area (Å²) < 4.78 is 30.8. The van der Waals surface area contributed by atoms with Crippen LogP contribution in [0.3, 0.4) is 0 Å². The van der Waals surface area contributed by atoms with Crippen molar-refractivity contribution in [2.75, 3.05) is 6.61 Å². The molecule has 9 unspecified atom stereocenters. The Morgan fingerprint density at radius 3 is 2.18 bits per heavy atom. The molecule has 2 amide bonds. The van der Waals surface area contributed by atoms with Gasteiger partial charge in [0.25, 0.3) is 0 Å². The van der Waals surface area contributed by atoms with Crippen LogP contribution in [0.15, 0.2) is 103 Å². The molecule has 9 atom stereocenters. The predicted octanol–water partition coefficient (Wildman–Crippen LogP) is 5.27. The molecule has 0 spiro atoms. The average Bonchev–Trinajstić information content (AvgIpc) is 3.92. The van der Waals surface area contributed by atoms with Gasteiger partial charge >= 0.3 is 11.9 Å². The van der Waals surface area contributed by atoms with Crippen molar-refractivity contribution in [2.24, 2.45) is 5.92 Å². The van der Waals surface area contributed by atoms with Gasteiger partial charge in [0.05, 0.1) is 36.5 Å². The van der Waals surface area contributed by atoms with E-state index in [0.717, 1.165) is 24.8 Å². The summed E-state index contributed by atoms with van der Waals surface area (Å²) >= 11 is 0. The van der Waals surface area contributed by atoms with Gasteiger partial charge in [0.15, 0.2) is 0 Å². The number of hydrogen-bond donors (Lipinski definition) is 4. The first kappa shape index (κ1) is 43.9. The van der Waals surface area contributed by atoms with E-state index in [9.17, 15) is 29.4 Å². The maximum Gasteiger partial charge on any atom is 0.338 e. The first-order chi connectivity index (χ1) is 29.2. The van der Waals surface area contributed by atoms with E-state index in [0.29, 0.717) is 34.8 Å². The predicted molar refractivity (Wildman–Crippen MR) is 224 cm³/mol. The summed E-state index contributed by atoms with van der Waals surface area (Å²) in [6, 6.07) is 23.6. The molecule has 13 heteroatoms. The van der Waals surface area contributed by atoms with Gasteiger partial charge in [-0.2, -0.15) is 0 Å². The first-order valence-electron chi connectivity index (χ1n) is 21.2. The van der Waals surface area contributed by atoms with Gasteiger partial charge in [-0.3, -0.25) is 14.4 Å². The van der Waals surface area contributed by atoms with E-state index in [1.165, 1.54) is 6.92 Å². The van der Waals surface area contributed by atoms with Crippen molar-refractivity contribution >= 4 is 29.8 Å². The molecular weight excluding hydrogens is 781 g/mol. The van der Waals surface area contributed by atoms with Crippen LogP contribution in [0.4, 0.5) is 0 Å². The summed E-state index contributed by atoms with van der Waals surface area (Å²) in [6.07, 6.45) is 5.70. The molecule has 3 aromatic carbocycles. The van der Waals surface area contributed by atoms with E-state index in [1.807, 2.05) is 72.8 Å². The normalized spacial score (nSPS) is 25.5. The van der Waals surface area contributed by atoms with Crippen LogP contribution in [0.1, 0.15) is 93.3 Å². The molecule has 0 radical (unpaired) electrons. The van der Waals surface area contributed by atoms with Gasteiger partial charge in [0.1, 0.15) is 30.0 Å². The molecule has 0 bridgehead atoms. The van der Waals surface area contributed by atoms with Crippen molar-refractivity contribution in [3.8, 4) is 0 Å². The molecule has 0 aromatic heterocycles. The Hall–Kier alpha value is -5.18. The molecule has 2 aliphatic heterocycles. The lowest BCUT2D eigenvalue weighted by Crippen LogP contribution is -2.55. The number of fused-ring (bicyclic) bond motifs is 2. The monoisotopic (exact) mass is 836 g/mol. The smallest absolute Gasteiger partial charge is 0.338 e. The molecule has 2 heterocycles. The van der Waals surface area contributed by atoms with Gasteiger partial charge in [-0.1, -0.05) is 84.9 Å². The van der Waals surface area contributed by atoms with E-state index in [4.69, 9.17) is 23.7 Å². The maximum absolute atomic E-state index is 14.1. The van der Waals surface area contributed by atoms with Gasteiger partial charge in [-0.15, -0.1) is 0 Å². The van der Waals surface area contributed by atoms with Crippen LogP contribution in [-0.4, -0.2) is 94.9 Å². The standard InChI is InChI=1S/C48H56N2O11/c1-29(52)42(45(55)49-36(28-51)22-24-41(53)60-47(2,3)4)50-44(54)33-26-39(58-46(56)32-20-17-30(18-21-32)15-16-31-19-23-37-38(25-31)57-37)43-40(27-33)59-48(61-43,34-11-7-5-8-12-34)35-13-9-6-10-14-35/h5-18,20-21,27,29,31,36-40,42-43,51-52H,19,22-26,28H2,1-4H3,(H,49,55)(H,50,54). The van der Waals surface area contributed by atoms with Crippen LogP contribution in [0.5, 0.6) is 0 Å². The van der Waals surface area contributed by atoms with Crippen LogP contribution < -0.4 is 10.6 Å². The zero-order chi connectivity index (χ0) is 43.3. The van der Waals surface area contributed by atoms with Crippen LogP contribution in [0.2, 0.25) is 0 Å². The van der Waals surface area contributed by atoms with E-state index < -0.39 is 78.2 Å². The third-order valence-electron chi connectivity index (χ3n) is 11.4. The molecule has 2 saturated heterocycles. The lowest BCUT2D eigenvalue weighted by Gasteiger charge is -2.32. The van der Waals surface area contributed by atoms with E-state index in [-0.39, 0.29) is 24.8 Å². The minimum atomic E-state index is -1.44. The average molecular weight is 837 g/mol. The Morgan fingerprint density at radius 1 is 0.902 bits per heavy atom. The van der Waals surface area contributed by atoms with E-state index >= 15 is 0 Å². The molecule has 61 heavy (non-hydrogen) atoms. The number of ether oxygens (including phenoxy) is 5. The van der Waals surface area contributed by atoms with Crippen LogP contribution in [0, 0.1) is 5.92 Å². The topological polar surface area (TPSA) is 182 Å². The molecule has 7 rings (SSSR count). The number of nitrogens with one attached hydrogen (secondary N) is 2. The SMILES string of the molecule is CC(O)C(NC(=O)C1=CC2OC(c3ccccc3)(c3ccccc3)OC2C(OC(=O)c2ccc(C=CC3CCC4OC4C3)cc2)C1)C(=O)NC(CO)CCC(=O)OC(C)(C)C. The lowest BCUT2D eigenvalue weighted by atomic mass is 9.89. The zero-order valence-electron chi connectivity index (χ0n) is 35.0. The number of aliphatic hydroxyl groups excluding tert-OH is 2.